The molecule has 6 heteroatoms. The van der Waals surface area contributed by atoms with Gasteiger partial charge in [0.15, 0.2) is 0 Å². The highest BCUT2D eigenvalue weighted by Crippen LogP contribution is 2.37. The lowest BCUT2D eigenvalue weighted by Crippen LogP contribution is -2.62. The van der Waals surface area contributed by atoms with Crippen LogP contribution in [0.3, 0.4) is 0 Å². The van der Waals surface area contributed by atoms with Crippen LogP contribution in [0.25, 0.3) is 0 Å². The topological polar surface area (TPSA) is 68.2 Å². The summed E-state index contributed by atoms with van der Waals surface area (Å²) in [5, 5.41) is 4.09. The summed E-state index contributed by atoms with van der Waals surface area (Å²) in [6, 6.07) is 6.66. The summed E-state index contributed by atoms with van der Waals surface area (Å²) in [5.74, 6) is 0.187. The quantitative estimate of drug-likeness (QED) is 0.621. The van der Waals surface area contributed by atoms with E-state index in [1.165, 1.54) is 0 Å². The molecule has 6 nitrogen and oxygen atoms in total. The van der Waals surface area contributed by atoms with Crippen molar-refractivity contribution in [3.05, 3.63) is 29.8 Å². The highest BCUT2D eigenvalue weighted by atomic mass is 16.7. The molecule has 0 aliphatic carbocycles. The van der Waals surface area contributed by atoms with Gasteiger partial charge in [-0.05, 0) is 52.0 Å². The first kappa shape index (κ1) is 19.0. The Bertz CT molecular complexity index is 670. The maximum Gasteiger partial charge on any atom is 0.365 e. The number of oxime groups is 1. The van der Waals surface area contributed by atoms with Crippen molar-refractivity contribution in [1.82, 2.24) is 4.90 Å². The normalized spacial score (nSPS) is 18.5. The average Bonchev–Trinajstić information content (AvgIpc) is 2.49. The number of hydrogen-bond donors (Lipinski definition) is 0. The van der Waals surface area contributed by atoms with Gasteiger partial charge < -0.3 is 14.5 Å². The highest BCUT2D eigenvalue weighted by molar-refractivity contribution is 5.92. The molecular formula is C19H26N2O4. The van der Waals surface area contributed by atoms with Crippen LogP contribution in [-0.4, -0.2) is 40.7 Å². The van der Waals surface area contributed by atoms with Crippen molar-refractivity contribution in [3.63, 3.8) is 0 Å². The first-order chi connectivity index (χ1) is 11.6. The van der Waals surface area contributed by atoms with E-state index in [4.69, 9.17) is 9.57 Å². The van der Waals surface area contributed by atoms with E-state index in [1.54, 1.807) is 38.3 Å². The number of amides is 1. The van der Waals surface area contributed by atoms with Crippen molar-refractivity contribution in [3.8, 4) is 5.75 Å². The molecule has 0 unspecified atom stereocenters. The van der Waals surface area contributed by atoms with E-state index >= 15 is 0 Å². The van der Waals surface area contributed by atoms with Gasteiger partial charge in [-0.15, -0.1) is 0 Å². The van der Waals surface area contributed by atoms with Gasteiger partial charge in [-0.1, -0.05) is 5.16 Å². The lowest BCUT2D eigenvalue weighted by Gasteiger charge is -2.52. The zero-order chi connectivity index (χ0) is 18.8. The van der Waals surface area contributed by atoms with Gasteiger partial charge in [0.05, 0.1) is 18.4 Å². The van der Waals surface area contributed by atoms with E-state index in [1.807, 2.05) is 32.6 Å². The largest absolute Gasteiger partial charge is 0.497 e. The van der Waals surface area contributed by atoms with E-state index in [0.29, 0.717) is 24.2 Å². The average molecular weight is 346 g/mol. The van der Waals surface area contributed by atoms with Gasteiger partial charge in [0.25, 0.3) is 0 Å². The molecule has 1 saturated heterocycles. The molecule has 1 aromatic rings. The van der Waals surface area contributed by atoms with Gasteiger partial charge in [0.1, 0.15) is 5.75 Å². The van der Waals surface area contributed by atoms with Gasteiger partial charge >= 0.3 is 5.97 Å². The summed E-state index contributed by atoms with van der Waals surface area (Å²) in [4.78, 5) is 31.2. The molecule has 0 aromatic heterocycles. The standard InChI is InChI=1S/C19H26N2O4/c1-13(22)21-18(2,3)11-15(12-19(21,4)5)20-25-17(23)14-7-9-16(24-6)10-8-14/h7-10H,11-12H2,1-6H3. The number of rotatable bonds is 3. The Labute approximate surface area is 148 Å². The number of benzene rings is 1. The Hall–Kier alpha value is -2.37. The van der Waals surface area contributed by atoms with E-state index in [2.05, 4.69) is 5.16 Å². The second-order valence-corrected chi connectivity index (χ2v) is 7.60. The molecule has 2 rings (SSSR count). The molecule has 25 heavy (non-hydrogen) atoms. The van der Waals surface area contributed by atoms with Crippen molar-refractivity contribution >= 4 is 17.6 Å². The molecule has 0 N–H and O–H groups in total. The minimum atomic E-state index is -0.514. The molecule has 1 aliphatic heterocycles. The predicted octanol–water partition coefficient (Wildman–Crippen LogP) is 3.41. The second-order valence-electron chi connectivity index (χ2n) is 7.60. The third kappa shape index (κ3) is 4.18. The van der Waals surface area contributed by atoms with E-state index in [-0.39, 0.29) is 17.0 Å². The first-order valence-electron chi connectivity index (χ1n) is 8.29. The van der Waals surface area contributed by atoms with Crippen LogP contribution in [-0.2, 0) is 9.63 Å². The molecule has 136 valence electrons. The second kappa shape index (κ2) is 6.86. The van der Waals surface area contributed by atoms with E-state index in [0.717, 1.165) is 5.71 Å². The molecule has 0 saturated carbocycles. The maximum absolute atomic E-state index is 12.1. The number of methoxy groups -OCH3 is 1. The maximum atomic E-state index is 12.1. The molecule has 0 atom stereocenters. The predicted molar refractivity (Wildman–Crippen MR) is 95.8 cm³/mol. The number of hydrogen-bond acceptors (Lipinski definition) is 5. The van der Waals surface area contributed by atoms with Crippen LogP contribution in [0.2, 0.25) is 0 Å². The van der Waals surface area contributed by atoms with Crippen LogP contribution in [0.15, 0.2) is 29.4 Å². The highest BCUT2D eigenvalue weighted by Gasteiger charge is 2.45. The number of likely N-dealkylation sites (tertiary alicyclic amines) is 1. The number of nitrogens with zero attached hydrogens (tertiary/aromatic N) is 2. The minimum absolute atomic E-state index is 0.0317. The third-order valence-corrected chi connectivity index (χ3v) is 4.38. The lowest BCUT2D eigenvalue weighted by molar-refractivity contribution is -0.142. The van der Waals surface area contributed by atoms with Gasteiger partial charge in [0.2, 0.25) is 5.91 Å². The molecule has 1 fully saturated rings. The molecule has 1 aliphatic rings. The third-order valence-electron chi connectivity index (χ3n) is 4.38. The number of piperidine rings is 1. The Kier molecular flexibility index (Phi) is 5.20. The summed E-state index contributed by atoms with van der Waals surface area (Å²) >= 11 is 0. The van der Waals surface area contributed by atoms with Crippen LogP contribution in [0.1, 0.15) is 57.8 Å². The van der Waals surface area contributed by atoms with Crippen molar-refractivity contribution in [2.75, 3.05) is 7.11 Å². The molecule has 0 spiro atoms. The van der Waals surface area contributed by atoms with Gasteiger partial charge in [-0.2, -0.15) is 0 Å². The van der Waals surface area contributed by atoms with Crippen LogP contribution >= 0.6 is 0 Å². The fourth-order valence-electron chi connectivity index (χ4n) is 3.84. The van der Waals surface area contributed by atoms with Crippen molar-refractivity contribution < 1.29 is 19.2 Å². The number of ether oxygens (including phenoxy) is 1. The first-order valence-corrected chi connectivity index (χ1v) is 8.29. The number of carbonyl (C=O) groups excluding carboxylic acids is 2. The van der Waals surface area contributed by atoms with Crippen LogP contribution < -0.4 is 4.74 Å². The van der Waals surface area contributed by atoms with Crippen molar-refractivity contribution in [2.24, 2.45) is 5.16 Å². The summed E-state index contributed by atoms with van der Waals surface area (Å²) in [6.45, 7) is 9.56. The Morgan fingerprint density at radius 2 is 1.56 bits per heavy atom. The fourth-order valence-corrected chi connectivity index (χ4v) is 3.84. The molecular weight excluding hydrogens is 320 g/mol. The SMILES string of the molecule is COc1ccc(C(=O)ON=C2CC(C)(C)N(C(C)=O)C(C)(C)C2)cc1. The molecule has 0 radical (unpaired) electrons. The van der Waals surface area contributed by atoms with Gasteiger partial charge in [-0.3, -0.25) is 4.79 Å². The lowest BCUT2D eigenvalue weighted by atomic mass is 9.78. The zero-order valence-corrected chi connectivity index (χ0v) is 15.8. The monoisotopic (exact) mass is 346 g/mol. The van der Waals surface area contributed by atoms with Crippen LogP contribution in [0, 0.1) is 0 Å². The van der Waals surface area contributed by atoms with Crippen molar-refractivity contribution in [2.45, 2.75) is 58.5 Å². The Balaban J connectivity index is 2.13. The minimum Gasteiger partial charge on any atom is -0.497 e. The van der Waals surface area contributed by atoms with E-state index < -0.39 is 5.97 Å². The zero-order valence-electron chi connectivity index (χ0n) is 15.8. The molecule has 1 heterocycles. The van der Waals surface area contributed by atoms with Gasteiger partial charge in [-0.25, -0.2) is 4.79 Å². The van der Waals surface area contributed by atoms with E-state index in [9.17, 15) is 9.59 Å². The fraction of sp³-hybridized carbons (Fsp3) is 0.526. The Morgan fingerprint density at radius 3 is 2.00 bits per heavy atom. The smallest absolute Gasteiger partial charge is 0.365 e. The van der Waals surface area contributed by atoms with Crippen molar-refractivity contribution in [1.29, 1.82) is 0 Å². The van der Waals surface area contributed by atoms with Crippen LogP contribution in [0.4, 0.5) is 0 Å². The van der Waals surface area contributed by atoms with Crippen LogP contribution in [0.5, 0.6) is 5.75 Å². The molecule has 0 bridgehead atoms. The number of carbonyl (C=O) groups is 2. The summed E-state index contributed by atoms with van der Waals surface area (Å²) in [5.41, 5.74) is 0.400. The Morgan fingerprint density at radius 1 is 1.04 bits per heavy atom. The molecule has 1 aromatic carbocycles. The van der Waals surface area contributed by atoms with Gasteiger partial charge in [0, 0.05) is 30.8 Å². The molecule has 1 amide bonds. The summed E-state index contributed by atoms with van der Waals surface area (Å²) in [6.07, 6.45) is 1.12. The summed E-state index contributed by atoms with van der Waals surface area (Å²) in [7, 11) is 1.57. The summed E-state index contributed by atoms with van der Waals surface area (Å²) < 4.78 is 5.07.